The normalized spacial score (nSPS) is 15.7. The quantitative estimate of drug-likeness (QED) is 0.486. The van der Waals surface area contributed by atoms with Gasteiger partial charge in [-0.15, -0.1) is 0 Å². The van der Waals surface area contributed by atoms with E-state index in [-0.39, 0.29) is 31.6 Å². The minimum Gasteiger partial charge on any atom is -0.490 e. The first-order chi connectivity index (χ1) is 15.2. The molecule has 176 valence electrons. The number of aromatic amines is 1. The van der Waals surface area contributed by atoms with Crippen LogP contribution in [0.5, 0.6) is 5.75 Å². The second-order valence-corrected chi connectivity index (χ2v) is 9.73. The van der Waals surface area contributed by atoms with Crippen molar-refractivity contribution in [1.29, 1.82) is 0 Å². The zero-order chi connectivity index (χ0) is 23.1. The molecule has 0 radical (unpaired) electrons. The molecule has 1 aliphatic carbocycles. The summed E-state index contributed by atoms with van der Waals surface area (Å²) >= 11 is 0. The van der Waals surface area contributed by atoms with Crippen LogP contribution in [0, 0.1) is 5.82 Å². The van der Waals surface area contributed by atoms with Crippen molar-refractivity contribution in [1.82, 2.24) is 14.3 Å². The van der Waals surface area contributed by atoms with Gasteiger partial charge in [0.15, 0.2) is 0 Å². The molecule has 0 spiro atoms. The average molecular weight is 470 g/mol. The summed E-state index contributed by atoms with van der Waals surface area (Å²) in [6.45, 7) is 1.50. The Hall–Kier alpha value is -2.50. The van der Waals surface area contributed by atoms with E-state index in [9.17, 15) is 22.4 Å². The molecular formula is C21H28FN3O6S. The molecule has 1 aliphatic rings. The Bertz CT molecular complexity index is 1120. The number of rotatable bonds is 11. The van der Waals surface area contributed by atoms with Gasteiger partial charge >= 0.3 is 5.69 Å². The van der Waals surface area contributed by atoms with Gasteiger partial charge in [-0.05, 0) is 56.7 Å². The van der Waals surface area contributed by atoms with E-state index in [0.717, 1.165) is 34.9 Å². The number of H-pyrrole nitrogens is 1. The van der Waals surface area contributed by atoms with Crippen LogP contribution in [0.4, 0.5) is 4.39 Å². The molecule has 1 aromatic heterocycles. The zero-order valence-electron chi connectivity index (χ0n) is 17.9. The van der Waals surface area contributed by atoms with Crippen molar-refractivity contribution in [3.05, 3.63) is 62.7 Å². The molecule has 2 N–H and O–H groups in total. The molecule has 1 atom stereocenters. The molecule has 0 aliphatic heterocycles. The van der Waals surface area contributed by atoms with E-state index in [4.69, 9.17) is 9.47 Å². The van der Waals surface area contributed by atoms with Crippen LogP contribution in [0.15, 0.2) is 40.1 Å². The van der Waals surface area contributed by atoms with Crippen molar-refractivity contribution in [2.75, 3.05) is 12.4 Å². The van der Waals surface area contributed by atoms with Crippen molar-refractivity contribution >= 4 is 10.0 Å². The Morgan fingerprint density at radius 2 is 2.03 bits per heavy atom. The summed E-state index contributed by atoms with van der Waals surface area (Å²) in [5.74, 6) is -0.542. The molecular weight excluding hydrogens is 441 g/mol. The molecule has 0 unspecified atom stereocenters. The van der Waals surface area contributed by atoms with E-state index in [1.165, 1.54) is 12.8 Å². The second-order valence-electron chi connectivity index (χ2n) is 7.85. The monoisotopic (exact) mass is 469 g/mol. The largest absolute Gasteiger partial charge is 0.490 e. The number of benzene rings is 1. The van der Waals surface area contributed by atoms with Gasteiger partial charge in [-0.3, -0.25) is 14.3 Å². The number of sulfonamides is 1. The van der Waals surface area contributed by atoms with Crippen molar-refractivity contribution in [3.8, 4) is 5.75 Å². The number of ether oxygens (including phenoxy) is 2. The molecule has 0 amide bonds. The van der Waals surface area contributed by atoms with Crippen molar-refractivity contribution in [2.24, 2.45) is 0 Å². The van der Waals surface area contributed by atoms with Crippen LogP contribution in [-0.2, 0) is 21.5 Å². The zero-order valence-corrected chi connectivity index (χ0v) is 18.7. The van der Waals surface area contributed by atoms with Crippen LogP contribution in [0.1, 0.15) is 50.6 Å². The molecule has 1 fully saturated rings. The molecule has 9 nitrogen and oxygen atoms in total. The summed E-state index contributed by atoms with van der Waals surface area (Å²) in [5, 5.41) is 0. The summed E-state index contributed by atoms with van der Waals surface area (Å²) in [6, 6.07) is 6.99. The highest BCUT2D eigenvalue weighted by atomic mass is 32.2. The molecule has 3 rings (SSSR count). The summed E-state index contributed by atoms with van der Waals surface area (Å²) in [6.07, 6.45) is 5.56. The number of nitrogens with zero attached hydrogens (tertiary/aromatic N) is 1. The lowest BCUT2D eigenvalue weighted by molar-refractivity contribution is 0.0736. The maximum Gasteiger partial charge on any atom is 0.330 e. The van der Waals surface area contributed by atoms with Gasteiger partial charge in [-0.2, -0.15) is 4.39 Å². The molecule has 0 bridgehead atoms. The van der Waals surface area contributed by atoms with Crippen molar-refractivity contribution in [2.45, 2.75) is 57.9 Å². The summed E-state index contributed by atoms with van der Waals surface area (Å²) in [5.41, 5.74) is -1.10. The number of halogens is 1. The van der Waals surface area contributed by atoms with Gasteiger partial charge in [-0.1, -0.05) is 12.1 Å². The Morgan fingerprint density at radius 1 is 1.28 bits per heavy atom. The predicted octanol–water partition coefficient (Wildman–Crippen LogP) is 2.04. The first-order valence-corrected chi connectivity index (χ1v) is 12.2. The highest BCUT2D eigenvalue weighted by Gasteiger charge is 2.19. The SMILES string of the molecule is C[C@@H](NS(=O)(=O)CCCOCn1cc(F)c(=O)[nH]c1=O)c1cccc(OC2CCCC2)c1. The number of nitrogens with one attached hydrogen (secondary N) is 2. The van der Waals surface area contributed by atoms with Crippen LogP contribution < -0.4 is 20.7 Å². The van der Waals surface area contributed by atoms with Crippen LogP contribution in [0.25, 0.3) is 0 Å². The maximum absolute atomic E-state index is 13.2. The first kappa shape index (κ1) is 24.1. The predicted molar refractivity (Wildman–Crippen MR) is 117 cm³/mol. The maximum atomic E-state index is 13.2. The molecule has 1 heterocycles. The fraction of sp³-hybridized carbons (Fsp3) is 0.524. The molecule has 11 heteroatoms. The van der Waals surface area contributed by atoms with Gasteiger partial charge in [0.2, 0.25) is 15.8 Å². The third-order valence-electron chi connectivity index (χ3n) is 5.22. The molecule has 0 saturated heterocycles. The Morgan fingerprint density at radius 3 is 2.78 bits per heavy atom. The Balaban J connectivity index is 1.45. The van der Waals surface area contributed by atoms with Gasteiger partial charge in [0.25, 0.3) is 5.56 Å². The fourth-order valence-corrected chi connectivity index (χ4v) is 4.84. The molecule has 1 saturated carbocycles. The van der Waals surface area contributed by atoms with E-state index < -0.39 is 33.1 Å². The van der Waals surface area contributed by atoms with Crippen LogP contribution in [-0.4, -0.2) is 36.4 Å². The van der Waals surface area contributed by atoms with E-state index in [2.05, 4.69) is 4.72 Å². The number of hydrogen-bond acceptors (Lipinski definition) is 6. The van der Waals surface area contributed by atoms with E-state index >= 15 is 0 Å². The number of hydrogen-bond donors (Lipinski definition) is 2. The standard InChI is InChI=1S/C21H28FN3O6S/c1-15(16-6-4-9-18(12-16)31-17-7-2-3-8-17)24-32(28,29)11-5-10-30-14-25-13-19(22)20(26)23-21(25)27/h4,6,9,12-13,15,17,24H,2-3,5,7-8,10-11,14H2,1H3,(H,23,26,27)/t15-/m1/s1. The Labute approximate surface area is 185 Å². The van der Waals surface area contributed by atoms with Crippen molar-refractivity contribution in [3.63, 3.8) is 0 Å². The third kappa shape index (κ3) is 7.01. The van der Waals surface area contributed by atoms with E-state index in [1.54, 1.807) is 6.92 Å². The van der Waals surface area contributed by atoms with Gasteiger partial charge < -0.3 is 9.47 Å². The summed E-state index contributed by atoms with van der Waals surface area (Å²) in [4.78, 5) is 24.4. The number of aromatic nitrogens is 2. The summed E-state index contributed by atoms with van der Waals surface area (Å²) < 4.78 is 52.7. The lowest BCUT2D eigenvalue weighted by Crippen LogP contribution is -2.32. The molecule has 32 heavy (non-hydrogen) atoms. The topological polar surface area (TPSA) is 119 Å². The summed E-state index contributed by atoms with van der Waals surface area (Å²) in [7, 11) is -3.58. The lowest BCUT2D eigenvalue weighted by atomic mass is 10.1. The Kier molecular flexibility index (Phi) is 8.21. The third-order valence-corrected chi connectivity index (χ3v) is 6.76. The second kappa shape index (κ2) is 10.9. The minimum atomic E-state index is -3.58. The van der Waals surface area contributed by atoms with Crippen LogP contribution in [0.2, 0.25) is 0 Å². The van der Waals surface area contributed by atoms with Crippen LogP contribution in [0.3, 0.4) is 0 Å². The lowest BCUT2D eigenvalue weighted by Gasteiger charge is -2.17. The molecule has 1 aromatic carbocycles. The van der Waals surface area contributed by atoms with E-state index in [0.29, 0.717) is 0 Å². The first-order valence-electron chi connectivity index (χ1n) is 10.6. The van der Waals surface area contributed by atoms with Crippen molar-refractivity contribution < 1.29 is 22.3 Å². The van der Waals surface area contributed by atoms with E-state index in [1.807, 2.05) is 29.2 Å². The smallest absolute Gasteiger partial charge is 0.330 e. The highest BCUT2D eigenvalue weighted by molar-refractivity contribution is 7.89. The minimum absolute atomic E-state index is 0.0349. The van der Waals surface area contributed by atoms with Crippen LogP contribution >= 0.6 is 0 Å². The van der Waals surface area contributed by atoms with Gasteiger partial charge in [-0.25, -0.2) is 17.9 Å². The van der Waals surface area contributed by atoms with Gasteiger partial charge in [0.05, 0.1) is 18.1 Å². The average Bonchev–Trinajstić information content (AvgIpc) is 3.24. The highest BCUT2D eigenvalue weighted by Crippen LogP contribution is 2.26. The fourth-order valence-electron chi connectivity index (χ4n) is 3.54. The molecule has 2 aromatic rings. The van der Waals surface area contributed by atoms with Gasteiger partial charge in [0.1, 0.15) is 12.5 Å². The van der Waals surface area contributed by atoms with Gasteiger partial charge in [0, 0.05) is 12.6 Å².